The summed E-state index contributed by atoms with van der Waals surface area (Å²) in [6.07, 6.45) is 3.03. The molecule has 0 aliphatic carbocycles. The maximum Gasteiger partial charge on any atom is 0.275 e. The molecule has 126 valence electrons. The summed E-state index contributed by atoms with van der Waals surface area (Å²) in [4.78, 5) is 20.7. The van der Waals surface area contributed by atoms with Crippen LogP contribution >= 0.6 is 0 Å². The van der Waals surface area contributed by atoms with Crippen LogP contribution in [0, 0.1) is 20.8 Å². The van der Waals surface area contributed by atoms with E-state index in [0.29, 0.717) is 5.82 Å². The molecule has 0 fully saturated rings. The maximum atomic E-state index is 12.2. The van der Waals surface area contributed by atoms with E-state index in [2.05, 4.69) is 33.6 Å². The Labute approximate surface area is 147 Å². The van der Waals surface area contributed by atoms with Gasteiger partial charge in [0, 0.05) is 11.4 Å². The molecule has 0 atom stereocenters. The van der Waals surface area contributed by atoms with Crippen LogP contribution < -0.4 is 10.6 Å². The van der Waals surface area contributed by atoms with Gasteiger partial charge in [0.1, 0.15) is 11.5 Å². The molecule has 2 N–H and O–H groups in total. The number of anilines is 3. The SMILES string of the molecule is Cc1ccc(NC(=O)c2cnc(Nc3ccc(C)cc3C)cn2)cc1. The Bertz CT molecular complexity index is 887. The zero-order valence-corrected chi connectivity index (χ0v) is 14.5. The van der Waals surface area contributed by atoms with Crippen molar-refractivity contribution in [2.45, 2.75) is 20.8 Å². The number of benzene rings is 2. The fourth-order valence-corrected chi connectivity index (χ4v) is 2.43. The van der Waals surface area contributed by atoms with E-state index in [1.165, 1.54) is 11.8 Å². The maximum absolute atomic E-state index is 12.2. The van der Waals surface area contributed by atoms with Gasteiger partial charge < -0.3 is 10.6 Å². The zero-order valence-electron chi connectivity index (χ0n) is 14.5. The van der Waals surface area contributed by atoms with Gasteiger partial charge in [0.25, 0.3) is 5.91 Å². The Kier molecular flexibility index (Phi) is 4.75. The van der Waals surface area contributed by atoms with Crippen LogP contribution in [0.4, 0.5) is 17.2 Å². The molecule has 3 aromatic rings. The number of rotatable bonds is 4. The van der Waals surface area contributed by atoms with Gasteiger partial charge in [-0.25, -0.2) is 9.97 Å². The fourth-order valence-electron chi connectivity index (χ4n) is 2.43. The van der Waals surface area contributed by atoms with Crippen LogP contribution in [0.15, 0.2) is 54.9 Å². The van der Waals surface area contributed by atoms with E-state index in [-0.39, 0.29) is 11.6 Å². The van der Waals surface area contributed by atoms with Gasteiger partial charge in [-0.15, -0.1) is 0 Å². The van der Waals surface area contributed by atoms with Crippen molar-refractivity contribution in [1.29, 1.82) is 0 Å². The topological polar surface area (TPSA) is 66.9 Å². The lowest BCUT2D eigenvalue weighted by Crippen LogP contribution is -2.14. The average molecular weight is 332 g/mol. The molecule has 5 heteroatoms. The quantitative estimate of drug-likeness (QED) is 0.743. The first kappa shape index (κ1) is 16.6. The second-order valence-electron chi connectivity index (χ2n) is 6.05. The molecule has 25 heavy (non-hydrogen) atoms. The number of carbonyl (C=O) groups excluding carboxylic acids is 1. The Hall–Kier alpha value is -3.21. The first-order valence-electron chi connectivity index (χ1n) is 8.05. The number of hydrogen-bond acceptors (Lipinski definition) is 4. The minimum atomic E-state index is -0.283. The summed E-state index contributed by atoms with van der Waals surface area (Å²) < 4.78 is 0. The van der Waals surface area contributed by atoms with Gasteiger partial charge in [0.15, 0.2) is 0 Å². The highest BCUT2D eigenvalue weighted by Crippen LogP contribution is 2.20. The lowest BCUT2D eigenvalue weighted by atomic mass is 10.1. The molecule has 1 heterocycles. The van der Waals surface area contributed by atoms with Crippen molar-refractivity contribution in [3.8, 4) is 0 Å². The Morgan fingerprint density at radius 3 is 2.24 bits per heavy atom. The summed E-state index contributed by atoms with van der Waals surface area (Å²) >= 11 is 0. The predicted octanol–water partition coefficient (Wildman–Crippen LogP) is 4.40. The summed E-state index contributed by atoms with van der Waals surface area (Å²) in [5.74, 6) is 0.313. The fraction of sp³-hybridized carbons (Fsp3) is 0.150. The Morgan fingerprint density at radius 2 is 1.60 bits per heavy atom. The molecule has 5 nitrogen and oxygen atoms in total. The molecule has 0 aliphatic rings. The van der Waals surface area contributed by atoms with Gasteiger partial charge >= 0.3 is 0 Å². The second-order valence-corrected chi connectivity index (χ2v) is 6.05. The third-order valence-corrected chi connectivity index (χ3v) is 3.84. The van der Waals surface area contributed by atoms with Crippen molar-refractivity contribution in [1.82, 2.24) is 9.97 Å². The summed E-state index contributed by atoms with van der Waals surface area (Å²) in [5.41, 5.74) is 5.44. The molecular formula is C20H20N4O. The van der Waals surface area contributed by atoms with Gasteiger partial charge in [0.2, 0.25) is 0 Å². The van der Waals surface area contributed by atoms with Gasteiger partial charge in [-0.1, -0.05) is 35.4 Å². The van der Waals surface area contributed by atoms with E-state index in [4.69, 9.17) is 0 Å². The number of amides is 1. The summed E-state index contributed by atoms with van der Waals surface area (Å²) in [5, 5.41) is 6.02. The van der Waals surface area contributed by atoms with Crippen molar-refractivity contribution in [2.24, 2.45) is 0 Å². The van der Waals surface area contributed by atoms with E-state index in [0.717, 1.165) is 22.5 Å². The summed E-state index contributed by atoms with van der Waals surface area (Å²) in [6.45, 7) is 6.09. The van der Waals surface area contributed by atoms with Crippen molar-refractivity contribution in [3.05, 3.63) is 77.2 Å². The number of hydrogen-bond donors (Lipinski definition) is 2. The molecule has 0 bridgehead atoms. The van der Waals surface area contributed by atoms with Crippen molar-refractivity contribution in [3.63, 3.8) is 0 Å². The van der Waals surface area contributed by atoms with Crippen LogP contribution in [0.2, 0.25) is 0 Å². The third-order valence-electron chi connectivity index (χ3n) is 3.84. The first-order valence-corrected chi connectivity index (χ1v) is 8.05. The minimum Gasteiger partial charge on any atom is -0.339 e. The molecule has 0 aliphatic heterocycles. The van der Waals surface area contributed by atoms with Gasteiger partial charge in [-0.2, -0.15) is 0 Å². The Balaban J connectivity index is 1.69. The van der Waals surface area contributed by atoms with E-state index in [9.17, 15) is 4.79 Å². The molecule has 2 aromatic carbocycles. The van der Waals surface area contributed by atoms with Gasteiger partial charge in [0.05, 0.1) is 12.4 Å². The standard InChI is InChI=1S/C20H20N4O/c1-13-4-7-16(8-5-13)23-20(25)18-11-22-19(12-21-18)24-17-9-6-14(2)10-15(17)3/h4-12H,1-3H3,(H,22,24)(H,23,25). The van der Waals surface area contributed by atoms with Crippen molar-refractivity contribution >= 4 is 23.1 Å². The molecule has 0 saturated carbocycles. The van der Waals surface area contributed by atoms with Crippen LogP contribution in [-0.2, 0) is 0 Å². The molecule has 0 unspecified atom stereocenters. The van der Waals surface area contributed by atoms with E-state index in [1.54, 1.807) is 6.20 Å². The van der Waals surface area contributed by atoms with Crippen molar-refractivity contribution in [2.75, 3.05) is 10.6 Å². The highest BCUT2D eigenvalue weighted by Gasteiger charge is 2.09. The monoisotopic (exact) mass is 332 g/mol. The zero-order chi connectivity index (χ0) is 17.8. The lowest BCUT2D eigenvalue weighted by molar-refractivity contribution is 0.102. The van der Waals surface area contributed by atoms with E-state index >= 15 is 0 Å². The molecule has 1 amide bonds. The minimum absolute atomic E-state index is 0.270. The second kappa shape index (κ2) is 7.13. The summed E-state index contributed by atoms with van der Waals surface area (Å²) in [6, 6.07) is 13.7. The predicted molar refractivity (Wildman–Crippen MR) is 100 cm³/mol. The highest BCUT2D eigenvalue weighted by molar-refractivity contribution is 6.02. The third kappa shape index (κ3) is 4.20. The number of aryl methyl sites for hydroxylation is 3. The van der Waals surface area contributed by atoms with E-state index < -0.39 is 0 Å². The van der Waals surface area contributed by atoms with Crippen LogP contribution in [0.5, 0.6) is 0 Å². The highest BCUT2D eigenvalue weighted by atomic mass is 16.1. The van der Waals surface area contributed by atoms with Gasteiger partial charge in [-0.05, 0) is 44.5 Å². The average Bonchev–Trinajstić information content (AvgIpc) is 2.60. The van der Waals surface area contributed by atoms with E-state index in [1.807, 2.05) is 50.2 Å². The van der Waals surface area contributed by atoms with Crippen LogP contribution in [0.1, 0.15) is 27.2 Å². The first-order chi connectivity index (χ1) is 12.0. The number of nitrogens with zero attached hydrogens (tertiary/aromatic N) is 2. The molecule has 3 rings (SSSR count). The number of carbonyl (C=O) groups is 1. The number of aromatic nitrogens is 2. The molecule has 0 radical (unpaired) electrons. The van der Waals surface area contributed by atoms with Crippen LogP contribution in [0.3, 0.4) is 0 Å². The van der Waals surface area contributed by atoms with Crippen LogP contribution in [0.25, 0.3) is 0 Å². The largest absolute Gasteiger partial charge is 0.339 e. The van der Waals surface area contributed by atoms with Crippen molar-refractivity contribution < 1.29 is 4.79 Å². The molecule has 0 spiro atoms. The molecular weight excluding hydrogens is 312 g/mol. The smallest absolute Gasteiger partial charge is 0.275 e. The molecule has 1 aromatic heterocycles. The molecule has 0 saturated heterocycles. The van der Waals surface area contributed by atoms with Crippen LogP contribution in [-0.4, -0.2) is 15.9 Å². The Morgan fingerprint density at radius 1 is 0.880 bits per heavy atom. The normalized spacial score (nSPS) is 10.4. The summed E-state index contributed by atoms with van der Waals surface area (Å²) in [7, 11) is 0. The lowest BCUT2D eigenvalue weighted by Gasteiger charge is -2.10. The number of nitrogens with one attached hydrogen (secondary N) is 2. The van der Waals surface area contributed by atoms with Gasteiger partial charge in [-0.3, -0.25) is 4.79 Å².